The largest absolute Gasteiger partial charge is 0.481 e. The predicted octanol–water partition coefficient (Wildman–Crippen LogP) is 1.56. The first kappa shape index (κ1) is 11.7. The molecular formula is C12H14O5. The van der Waals surface area contributed by atoms with E-state index in [-0.39, 0.29) is 6.79 Å². The number of ether oxygens (including phenoxy) is 2. The summed E-state index contributed by atoms with van der Waals surface area (Å²) in [5, 5.41) is 19.1. The number of rotatable bonds is 3. The van der Waals surface area contributed by atoms with Crippen molar-refractivity contribution in [2.75, 3.05) is 6.79 Å². The number of aliphatic hydroxyl groups excluding tert-OH is 1. The van der Waals surface area contributed by atoms with Crippen LogP contribution in [-0.4, -0.2) is 23.0 Å². The molecule has 17 heavy (non-hydrogen) atoms. The van der Waals surface area contributed by atoms with Crippen LogP contribution in [0.2, 0.25) is 0 Å². The van der Waals surface area contributed by atoms with E-state index in [1.165, 1.54) is 13.8 Å². The van der Waals surface area contributed by atoms with Gasteiger partial charge in [0.2, 0.25) is 6.79 Å². The fraction of sp³-hybridized carbons (Fsp3) is 0.417. The lowest BCUT2D eigenvalue weighted by molar-refractivity contribution is -0.153. The van der Waals surface area contributed by atoms with E-state index < -0.39 is 17.5 Å². The van der Waals surface area contributed by atoms with Crippen molar-refractivity contribution in [3.05, 3.63) is 23.8 Å². The Morgan fingerprint density at radius 2 is 2.00 bits per heavy atom. The Morgan fingerprint density at radius 1 is 1.35 bits per heavy atom. The van der Waals surface area contributed by atoms with Gasteiger partial charge in [-0.15, -0.1) is 0 Å². The minimum Gasteiger partial charge on any atom is -0.481 e. The predicted molar refractivity (Wildman–Crippen MR) is 58.9 cm³/mol. The summed E-state index contributed by atoms with van der Waals surface area (Å²) in [5.74, 6) is 0.0829. The van der Waals surface area contributed by atoms with Crippen LogP contribution in [-0.2, 0) is 4.79 Å². The van der Waals surface area contributed by atoms with Crippen LogP contribution in [0.4, 0.5) is 0 Å². The maximum absolute atomic E-state index is 11.1. The lowest BCUT2D eigenvalue weighted by Crippen LogP contribution is -2.31. The average molecular weight is 238 g/mol. The maximum atomic E-state index is 11.1. The molecule has 1 aromatic carbocycles. The van der Waals surface area contributed by atoms with Crippen LogP contribution in [0.1, 0.15) is 25.5 Å². The second-order valence-corrected chi connectivity index (χ2v) is 4.54. The summed E-state index contributed by atoms with van der Waals surface area (Å²) in [5.41, 5.74) is -0.755. The first-order chi connectivity index (χ1) is 7.93. The smallest absolute Gasteiger partial charge is 0.312 e. The number of carboxylic acid groups (broad SMARTS) is 1. The molecule has 0 fully saturated rings. The molecule has 0 amide bonds. The maximum Gasteiger partial charge on any atom is 0.312 e. The first-order valence-corrected chi connectivity index (χ1v) is 5.24. The highest BCUT2D eigenvalue weighted by atomic mass is 16.7. The van der Waals surface area contributed by atoms with Gasteiger partial charge in [-0.25, -0.2) is 0 Å². The van der Waals surface area contributed by atoms with Gasteiger partial charge in [0.05, 0.1) is 11.5 Å². The second-order valence-electron chi connectivity index (χ2n) is 4.54. The fourth-order valence-corrected chi connectivity index (χ4v) is 1.62. The molecule has 0 radical (unpaired) electrons. The number of benzene rings is 1. The van der Waals surface area contributed by atoms with Gasteiger partial charge in [-0.2, -0.15) is 0 Å². The number of fused-ring (bicyclic) bond motifs is 1. The van der Waals surface area contributed by atoms with Gasteiger partial charge in [-0.05, 0) is 31.5 Å². The third-order valence-electron chi connectivity index (χ3n) is 2.95. The van der Waals surface area contributed by atoms with Crippen LogP contribution in [0, 0.1) is 5.41 Å². The quantitative estimate of drug-likeness (QED) is 0.835. The zero-order chi connectivity index (χ0) is 12.6. The lowest BCUT2D eigenvalue weighted by atomic mass is 9.83. The second kappa shape index (κ2) is 3.92. The molecule has 5 nitrogen and oxygen atoms in total. The topological polar surface area (TPSA) is 76.0 Å². The van der Waals surface area contributed by atoms with Gasteiger partial charge in [0.25, 0.3) is 0 Å². The van der Waals surface area contributed by atoms with Crippen LogP contribution in [0.3, 0.4) is 0 Å². The molecule has 2 rings (SSSR count). The monoisotopic (exact) mass is 238 g/mol. The summed E-state index contributed by atoms with van der Waals surface area (Å²) < 4.78 is 10.3. The molecule has 0 spiro atoms. The highest BCUT2D eigenvalue weighted by molar-refractivity contribution is 5.74. The van der Waals surface area contributed by atoms with Crippen LogP contribution in [0.5, 0.6) is 11.5 Å². The van der Waals surface area contributed by atoms with Crippen molar-refractivity contribution in [2.24, 2.45) is 5.41 Å². The number of carboxylic acids is 1. The van der Waals surface area contributed by atoms with Crippen molar-refractivity contribution < 1.29 is 24.5 Å². The third-order valence-corrected chi connectivity index (χ3v) is 2.95. The Bertz CT molecular complexity index is 452. The van der Waals surface area contributed by atoms with Crippen LogP contribution >= 0.6 is 0 Å². The van der Waals surface area contributed by atoms with E-state index in [2.05, 4.69) is 0 Å². The van der Waals surface area contributed by atoms with E-state index in [1.54, 1.807) is 18.2 Å². The number of aliphatic hydroxyl groups is 1. The van der Waals surface area contributed by atoms with E-state index in [1.807, 2.05) is 0 Å². The molecule has 92 valence electrons. The first-order valence-electron chi connectivity index (χ1n) is 5.24. The molecule has 0 unspecified atom stereocenters. The molecule has 0 saturated heterocycles. The average Bonchev–Trinajstić information content (AvgIpc) is 2.74. The van der Waals surface area contributed by atoms with Gasteiger partial charge in [0.15, 0.2) is 11.5 Å². The zero-order valence-electron chi connectivity index (χ0n) is 9.64. The van der Waals surface area contributed by atoms with Crippen LogP contribution in [0.25, 0.3) is 0 Å². The molecule has 0 bridgehead atoms. The van der Waals surface area contributed by atoms with Gasteiger partial charge in [-0.3, -0.25) is 4.79 Å². The van der Waals surface area contributed by atoms with E-state index in [0.29, 0.717) is 17.1 Å². The molecule has 2 N–H and O–H groups in total. The molecule has 1 atom stereocenters. The van der Waals surface area contributed by atoms with Crippen molar-refractivity contribution in [1.82, 2.24) is 0 Å². The molecule has 0 aromatic heterocycles. The molecule has 0 aliphatic carbocycles. The molecule has 5 heteroatoms. The molecule has 0 saturated carbocycles. The van der Waals surface area contributed by atoms with E-state index in [9.17, 15) is 9.90 Å². The number of carbonyl (C=O) groups is 1. The Morgan fingerprint density at radius 3 is 2.65 bits per heavy atom. The highest BCUT2D eigenvalue weighted by Gasteiger charge is 2.37. The minimum atomic E-state index is -1.26. The number of aliphatic carboxylic acids is 1. The molecular weight excluding hydrogens is 224 g/mol. The van der Waals surface area contributed by atoms with Crippen molar-refractivity contribution in [1.29, 1.82) is 0 Å². The van der Waals surface area contributed by atoms with Gasteiger partial charge in [0, 0.05) is 0 Å². The van der Waals surface area contributed by atoms with Crippen molar-refractivity contribution >= 4 is 5.97 Å². The van der Waals surface area contributed by atoms with Crippen molar-refractivity contribution in [3.8, 4) is 11.5 Å². The standard InChI is InChI=1S/C12H14O5/c1-12(2,11(14)15)10(13)7-3-4-8-9(5-7)17-6-16-8/h3-5,10,13H,6H2,1-2H3,(H,14,15)/t10-/m0/s1. The molecule has 1 heterocycles. The Labute approximate surface area is 98.6 Å². The van der Waals surface area contributed by atoms with Gasteiger partial charge in [0.1, 0.15) is 0 Å². The van der Waals surface area contributed by atoms with E-state index in [0.717, 1.165) is 0 Å². The summed E-state index contributed by atoms with van der Waals surface area (Å²) in [6.07, 6.45) is -1.10. The zero-order valence-corrected chi connectivity index (χ0v) is 9.64. The number of hydrogen-bond donors (Lipinski definition) is 2. The summed E-state index contributed by atoms with van der Waals surface area (Å²) in [6.45, 7) is 3.10. The van der Waals surface area contributed by atoms with Gasteiger partial charge < -0.3 is 19.7 Å². The van der Waals surface area contributed by atoms with E-state index in [4.69, 9.17) is 14.6 Å². The third kappa shape index (κ3) is 1.93. The lowest BCUT2D eigenvalue weighted by Gasteiger charge is -2.26. The van der Waals surface area contributed by atoms with Crippen molar-refractivity contribution in [3.63, 3.8) is 0 Å². The Hall–Kier alpha value is -1.75. The highest BCUT2D eigenvalue weighted by Crippen LogP contribution is 2.39. The summed E-state index contributed by atoms with van der Waals surface area (Å²) >= 11 is 0. The van der Waals surface area contributed by atoms with Crippen LogP contribution in [0.15, 0.2) is 18.2 Å². The fourth-order valence-electron chi connectivity index (χ4n) is 1.62. The summed E-state index contributed by atoms with van der Waals surface area (Å²) in [6, 6.07) is 4.92. The van der Waals surface area contributed by atoms with Gasteiger partial charge in [-0.1, -0.05) is 6.07 Å². The van der Waals surface area contributed by atoms with Crippen LogP contribution < -0.4 is 9.47 Å². The minimum absolute atomic E-state index is 0.150. The van der Waals surface area contributed by atoms with Gasteiger partial charge >= 0.3 is 5.97 Å². The molecule has 1 aliphatic heterocycles. The van der Waals surface area contributed by atoms with Crippen molar-refractivity contribution in [2.45, 2.75) is 20.0 Å². The summed E-state index contributed by atoms with van der Waals surface area (Å²) in [7, 11) is 0. The Kier molecular flexibility index (Phi) is 2.71. The van der Waals surface area contributed by atoms with E-state index >= 15 is 0 Å². The Balaban J connectivity index is 2.32. The summed E-state index contributed by atoms with van der Waals surface area (Å²) in [4.78, 5) is 11.1. The molecule has 1 aliphatic rings. The number of hydrogen-bond acceptors (Lipinski definition) is 4. The molecule has 1 aromatic rings. The normalized spacial score (nSPS) is 15.7. The SMILES string of the molecule is CC(C)(C(=O)O)[C@@H](O)c1ccc2c(c1)OCO2.